The number of carbonyl (C=O) groups is 1. The van der Waals surface area contributed by atoms with Crippen LogP contribution < -0.4 is 11.1 Å². The number of benzene rings is 4. The van der Waals surface area contributed by atoms with Crippen LogP contribution in [0.1, 0.15) is 90.8 Å². The molecule has 0 aliphatic carbocycles. The largest absolute Gasteiger partial charge is 0.330 e. The van der Waals surface area contributed by atoms with Crippen molar-refractivity contribution in [3.05, 3.63) is 139 Å². The van der Waals surface area contributed by atoms with Gasteiger partial charge >= 0.3 is 0 Å². The molecule has 0 saturated carbocycles. The second kappa shape index (κ2) is 26.4. The molecule has 0 amide bonds. The molecule has 0 fully saturated rings. The molecular weight excluding hydrogens is 690 g/mol. The third kappa shape index (κ3) is 19.0. The molecule has 49 heavy (non-hydrogen) atoms. The number of halogens is 4. The molecule has 270 valence electrons. The predicted octanol–water partition coefficient (Wildman–Crippen LogP) is 11.4. The van der Waals surface area contributed by atoms with Crippen LogP contribution in [0.2, 0.25) is 10.0 Å². The first-order valence-electron chi connectivity index (χ1n) is 17.2. The van der Waals surface area contributed by atoms with E-state index in [-0.39, 0.29) is 24.8 Å². The van der Waals surface area contributed by atoms with Gasteiger partial charge in [-0.05, 0) is 115 Å². The van der Waals surface area contributed by atoms with E-state index in [1.165, 1.54) is 38.9 Å². The lowest BCUT2D eigenvalue weighted by Crippen LogP contribution is -2.16. The third-order valence-electron chi connectivity index (χ3n) is 7.76. The number of aryl methyl sites for hydroxylation is 2. The molecule has 3 nitrogen and oxygen atoms in total. The fourth-order valence-electron chi connectivity index (χ4n) is 5.21. The summed E-state index contributed by atoms with van der Waals surface area (Å²) in [7, 11) is 0. The van der Waals surface area contributed by atoms with Crippen molar-refractivity contribution in [2.24, 2.45) is 17.6 Å². The molecule has 0 saturated heterocycles. The number of rotatable bonds is 14. The van der Waals surface area contributed by atoms with E-state index >= 15 is 0 Å². The van der Waals surface area contributed by atoms with E-state index < -0.39 is 0 Å². The van der Waals surface area contributed by atoms with Crippen LogP contribution in [-0.4, -0.2) is 19.4 Å². The zero-order valence-corrected chi connectivity index (χ0v) is 33.4. The second-order valence-electron chi connectivity index (χ2n) is 12.9. The van der Waals surface area contributed by atoms with Gasteiger partial charge in [-0.3, -0.25) is 4.79 Å². The van der Waals surface area contributed by atoms with Crippen molar-refractivity contribution < 1.29 is 4.79 Å². The molecule has 0 atom stereocenters. The van der Waals surface area contributed by atoms with E-state index in [0.29, 0.717) is 18.4 Å². The summed E-state index contributed by atoms with van der Waals surface area (Å²) in [6.07, 6.45) is 7.06. The molecule has 0 radical (unpaired) electrons. The van der Waals surface area contributed by atoms with Gasteiger partial charge in [0.2, 0.25) is 0 Å². The Kier molecular flexibility index (Phi) is 25.2. The number of carbonyl (C=O) groups excluding carboxylic acids is 1. The van der Waals surface area contributed by atoms with Crippen molar-refractivity contribution in [3.63, 3.8) is 0 Å². The topological polar surface area (TPSA) is 55.1 Å². The molecule has 0 aromatic heterocycles. The van der Waals surface area contributed by atoms with Crippen molar-refractivity contribution in [1.82, 2.24) is 5.32 Å². The number of hydrogen-bond donors (Lipinski definition) is 2. The van der Waals surface area contributed by atoms with Crippen molar-refractivity contribution in [1.29, 1.82) is 0 Å². The molecular formula is C42H58Cl4N2O. The monoisotopic (exact) mass is 746 g/mol. The molecule has 3 N–H and O–H groups in total. The first kappa shape index (κ1) is 46.6. The van der Waals surface area contributed by atoms with Gasteiger partial charge in [-0.1, -0.05) is 138 Å². The van der Waals surface area contributed by atoms with Crippen LogP contribution in [0.5, 0.6) is 0 Å². The Morgan fingerprint density at radius 2 is 1.04 bits per heavy atom. The minimum atomic E-state index is 0. The lowest BCUT2D eigenvalue weighted by molar-refractivity contribution is 0.112. The molecule has 0 unspecified atom stereocenters. The van der Waals surface area contributed by atoms with Crippen molar-refractivity contribution in [3.8, 4) is 0 Å². The minimum absolute atomic E-state index is 0. The van der Waals surface area contributed by atoms with Gasteiger partial charge in [0.15, 0.2) is 0 Å². The molecule has 4 rings (SSSR count). The Morgan fingerprint density at radius 1 is 0.633 bits per heavy atom. The summed E-state index contributed by atoms with van der Waals surface area (Å²) in [6, 6.07) is 29.2. The third-order valence-corrected chi connectivity index (χ3v) is 8.50. The predicted molar refractivity (Wildman–Crippen MR) is 220 cm³/mol. The van der Waals surface area contributed by atoms with E-state index in [2.05, 4.69) is 89.3 Å². The van der Waals surface area contributed by atoms with Gasteiger partial charge in [-0.2, -0.15) is 0 Å². The van der Waals surface area contributed by atoms with Crippen molar-refractivity contribution >= 4 is 54.3 Å². The van der Waals surface area contributed by atoms with Crippen LogP contribution in [0, 0.1) is 11.8 Å². The Labute approximate surface area is 319 Å². The van der Waals surface area contributed by atoms with Gasteiger partial charge in [-0.25, -0.2) is 0 Å². The maximum atomic E-state index is 10.3. The number of nitrogens with one attached hydrogen (secondary N) is 1. The molecule has 0 bridgehead atoms. The average molecular weight is 749 g/mol. The van der Waals surface area contributed by atoms with E-state index in [1.807, 2.05) is 42.5 Å². The van der Waals surface area contributed by atoms with Gasteiger partial charge in [0, 0.05) is 22.2 Å². The van der Waals surface area contributed by atoms with Gasteiger partial charge in [0.05, 0.1) is 0 Å². The van der Waals surface area contributed by atoms with Gasteiger partial charge in [0.1, 0.15) is 6.29 Å². The maximum Gasteiger partial charge on any atom is 0.150 e. The summed E-state index contributed by atoms with van der Waals surface area (Å²) in [5.74, 6) is 1.39. The van der Waals surface area contributed by atoms with Crippen molar-refractivity contribution in [2.75, 3.05) is 13.1 Å². The SMILES string of the molecule is CC(C)Cc1ccc(C=O)cc1.CCc1cc(CCN)ccc1Cl.CCc1cc(CCNCc2ccc(CC(C)C)cc2)ccc1Cl.Cl.Cl. The number of aldehydes is 1. The standard InChI is InChI=1S/C21H28ClN.C11H14O.C10H14ClN.2ClH/c1-4-20-14-18(9-10-21(20)22)11-12-23-15-19-7-5-17(6-8-19)13-16(2)3;1-9(2)7-10-3-5-11(8-12)6-4-10;1-2-9-7-8(5-6-12)3-4-10(9)11;;/h5-10,14,16,23H,4,11-13,15H2,1-3H3;3-6,8-9H,7H2,1-2H3;3-4,7H,2,5-6,12H2,1H3;2*1H. The zero-order valence-electron chi connectivity index (χ0n) is 30.2. The summed E-state index contributed by atoms with van der Waals surface area (Å²) in [4.78, 5) is 10.3. The maximum absolute atomic E-state index is 10.3. The first-order chi connectivity index (χ1) is 22.6. The molecule has 0 aliphatic heterocycles. The summed E-state index contributed by atoms with van der Waals surface area (Å²) in [5.41, 5.74) is 15.4. The average Bonchev–Trinajstić information content (AvgIpc) is 3.06. The smallest absolute Gasteiger partial charge is 0.150 e. The van der Waals surface area contributed by atoms with Crippen LogP contribution in [-0.2, 0) is 45.1 Å². The van der Waals surface area contributed by atoms with Gasteiger partial charge in [-0.15, -0.1) is 24.8 Å². The van der Waals surface area contributed by atoms with Crippen LogP contribution in [0.25, 0.3) is 0 Å². The summed E-state index contributed by atoms with van der Waals surface area (Å²) in [6.45, 7) is 15.8. The summed E-state index contributed by atoms with van der Waals surface area (Å²) < 4.78 is 0. The zero-order chi connectivity index (χ0) is 34.6. The normalized spacial score (nSPS) is 10.3. The van der Waals surface area contributed by atoms with Crippen LogP contribution in [0.4, 0.5) is 0 Å². The molecule has 0 heterocycles. The molecule has 0 aliphatic rings. The van der Waals surface area contributed by atoms with E-state index in [9.17, 15) is 4.79 Å². The highest BCUT2D eigenvalue weighted by Gasteiger charge is 2.02. The summed E-state index contributed by atoms with van der Waals surface area (Å²) in [5, 5.41) is 5.27. The first-order valence-corrected chi connectivity index (χ1v) is 17.9. The Morgan fingerprint density at radius 3 is 1.45 bits per heavy atom. The number of hydrogen-bond acceptors (Lipinski definition) is 3. The van der Waals surface area contributed by atoms with E-state index in [1.54, 1.807) is 0 Å². The highest BCUT2D eigenvalue weighted by atomic mass is 35.5. The van der Waals surface area contributed by atoms with Crippen LogP contribution in [0.3, 0.4) is 0 Å². The lowest BCUT2D eigenvalue weighted by Gasteiger charge is -2.09. The Hall–Kier alpha value is -2.37. The second-order valence-corrected chi connectivity index (χ2v) is 13.7. The van der Waals surface area contributed by atoms with Crippen LogP contribution in [0.15, 0.2) is 84.9 Å². The highest BCUT2D eigenvalue weighted by Crippen LogP contribution is 2.19. The fraction of sp³-hybridized carbons (Fsp3) is 0.405. The van der Waals surface area contributed by atoms with E-state index in [4.69, 9.17) is 28.9 Å². The summed E-state index contributed by atoms with van der Waals surface area (Å²) >= 11 is 12.1. The Bertz CT molecular complexity index is 1460. The van der Waals surface area contributed by atoms with E-state index in [0.717, 1.165) is 73.5 Å². The Balaban J connectivity index is 0.000000754. The molecule has 4 aromatic carbocycles. The quantitative estimate of drug-likeness (QED) is 0.0997. The van der Waals surface area contributed by atoms with Crippen molar-refractivity contribution in [2.45, 2.75) is 86.6 Å². The number of nitrogens with two attached hydrogens (primary N) is 1. The van der Waals surface area contributed by atoms with Crippen LogP contribution >= 0.6 is 48.0 Å². The highest BCUT2D eigenvalue weighted by molar-refractivity contribution is 6.31. The minimum Gasteiger partial charge on any atom is -0.330 e. The molecule has 0 spiro atoms. The molecule has 4 aromatic rings. The van der Waals surface area contributed by atoms with Gasteiger partial charge in [0.25, 0.3) is 0 Å². The molecule has 7 heteroatoms. The fourth-order valence-corrected chi connectivity index (χ4v) is 5.71. The van der Waals surface area contributed by atoms with Gasteiger partial charge < -0.3 is 11.1 Å². The lowest BCUT2D eigenvalue weighted by atomic mass is 10.0.